The van der Waals surface area contributed by atoms with Gasteiger partial charge in [-0.25, -0.2) is 0 Å². The number of hydrogen-bond acceptors (Lipinski definition) is 7. The number of rotatable bonds is 13. The Morgan fingerprint density at radius 2 is 1.20 bits per heavy atom. The van der Waals surface area contributed by atoms with Gasteiger partial charge in [0.2, 0.25) is 0 Å². The minimum absolute atomic E-state index is 0.343. The largest absolute Gasteiger partial charge is 0.494 e. The van der Waals surface area contributed by atoms with Gasteiger partial charge in [-0.2, -0.15) is 0 Å². The van der Waals surface area contributed by atoms with Crippen molar-refractivity contribution in [2.24, 2.45) is 0 Å². The molecule has 0 radical (unpaired) electrons. The number of halogens is 1. The van der Waals surface area contributed by atoms with Gasteiger partial charge in [-0.15, -0.1) is 0 Å². The number of fused-ring (bicyclic) bond motifs is 4. The van der Waals surface area contributed by atoms with Gasteiger partial charge in [-0.1, -0.05) is 115 Å². The lowest BCUT2D eigenvalue weighted by atomic mass is 9.88. The zero-order valence-electron chi connectivity index (χ0n) is 31.5. The van der Waals surface area contributed by atoms with E-state index in [1.54, 1.807) is 0 Å². The van der Waals surface area contributed by atoms with Gasteiger partial charge < -0.3 is 33.2 Å². The molecule has 1 fully saturated rings. The van der Waals surface area contributed by atoms with E-state index in [-0.39, 0.29) is 0 Å². The van der Waals surface area contributed by atoms with Gasteiger partial charge in [0.05, 0.1) is 39.6 Å². The van der Waals surface area contributed by atoms with Gasteiger partial charge in [-0.3, -0.25) is 0 Å². The Balaban J connectivity index is 1.31. The fourth-order valence-corrected chi connectivity index (χ4v) is 7.45. The van der Waals surface area contributed by atoms with E-state index in [1.807, 2.05) is 79.7 Å². The van der Waals surface area contributed by atoms with Crippen LogP contribution < -0.4 is 9.47 Å². The molecule has 1 saturated heterocycles. The van der Waals surface area contributed by atoms with Gasteiger partial charge in [0, 0.05) is 17.2 Å². The van der Waals surface area contributed by atoms with Crippen molar-refractivity contribution in [3.8, 4) is 11.5 Å². The predicted octanol–water partition coefficient (Wildman–Crippen LogP) is 10.1. The van der Waals surface area contributed by atoms with Crippen molar-refractivity contribution in [3.05, 3.63) is 166 Å². The van der Waals surface area contributed by atoms with Crippen molar-refractivity contribution in [2.45, 2.75) is 82.9 Å². The lowest BCUT2D eigenvalue weighted by molar-refractivity contribution is -0.274. The third kappa shape index (κ3) is 10.8. The molecule has 5 atom stereocenters. The third-order valence-electron chi connectivity index (χ3n) is 10.1. The van der Waals surface area contributed by atoms with Crippen LogP contribution in [0.4, 0.5) is 0 Å². The van der Waals surface area contributed by atoms with Crippen LogP contribution >= 0.6 is 11.6 Å². The highest BCUT2D eigenvalue weighted by Gasteiger charge is 2.50. The Kier molecular flexibility index (Phi) is 14.3. The zero-order valence-corrected chi connectivity index (χ0v) is 32.3. The molecular formula is C47H51ClO7. The second-order valence-corrected chi connectivity index (χ2v) is 14.5. The van der Waals surface area contributed by atoms with E-state index >= 15 is 0 Å². The van der Waals surface area contributed by atoms with Crippen LogP contribution in [0.3, 0.4) is 0 Å². The van der Waals surface area contributed by atoms with Crippen molar-refractivity contribution in [1.82, 2.24) is 0 Å². The Labute approximate surface area is 330 Å². The van der Waals surface area contributed by atoms with Gasteiger partial charge in [0.1, 0.15) is 42.0 Å². The van der Waals surface area contributed by atoms with Gasteiger partial charge in [-0.05, 0) is 84.7 Å². The van der Waals surface area contributed by atoms with Crippen LogP contribution in [0.15, 0.2) is 127 Å². The maximum atomic E-state index is 7.20. The summed E-state index contributed by atoms with van der Waals surface area (Å²) in [7, 11) is 0. The summed E-state index contributed by atoms with van der Waals surface area (Å²) >= 11 is 7.08. The van der Waals surface area contributed by atoms with Crippen LogP contribution in [-0.4, -0.2) is 50.8 Å². The summed E-state index contributed by atoms with van der Waals surface area (Å²) in [6.07, 6.45) is 0.703. The second kappa shape index (κ2) is 20.1. The first kappa shape index (κ1) is 39.0. The fourth-order valence-electron chi connectivity index (χ4n) is 7.23. The molecule has 2 aliphatic rings. The molecule has 5 aromatic carbocycles. The van der Waals surface area contributed by atoms with Crippen molar-refractivity contribution in [1.29, 1.82) is 0 Å². The number of hydrogen-bond donors (Lipinski definition) is 0. The molecule has 0 aliphatic carbocycles. The van der Waals surface area contributed by atoms with Gasteiger partial charge >= 0.3 is 0 Å². The molecule has 8 heteroatoms. The van der Waals surface area contributed by atoms with E-state index in [1.165, 1.54) is 0 Å². The lowest BCUT2D eigenvalue weighted by Crippen LogP contribution is -2.58. The summed E-state index contributed by atoms with van der Waals surface area (Å²) in [5.74, 6) is 1.52. The Bertz CT molecular complexity index is 1870. The highest BCUT2D eigenvalue weighted by Crippen LogP contribution is 2.44. The maximum Gasteiger partial charge on any atom is 0.126 e. The summed E-state index contributed by atoms with van der Waals surface area (Å²) in [5, 5.41) is 0.635. The molecule has 7 nitrogen and oxygen atoms in total. The monoisotopic (exact) mass is 762 g/mol. The molecule has 288 valence electrons. The van der Waals surface area contributed by atoms with Crippen LogP contribution in [0.5, 0.6) is 11.5 Å². The van der Waals surface area contributed by atoms with Crippen molar-refractivity contribution in [3.63, 3.8) is 0 Å². The lowest BCUT2D eigenvalue weighted by Gasteiger charge is -2.46. The third-order valence-corrected chi connectivity index (χ3v) is 10.4. The number of ether oxygens (including phenoxy) is 7. The summed E-state index contributed by atoms with van der Waals surface area (Å²) < 4.78 is 46.7. The van der Waals surface area contributed by atoms with Crippen molar-refractivity contribution >= 4 is 11.6 Å². The standard InChI is InChI=1S/C47H51ClO7/c1-2-50-39-23-21-34(22-24-39)27-38-28-40-42(29-41(38)48)51-26-14-6-13-25-49-33-43-45(52-30-35-15-7-3-8-16-35)47(54-32-37-19-11-5-12-20-37)46(44(40)55-43)53-31-36-17-9-4-10-18-36/h3-5,7-12,15-24,28-29,43-47H,2,6,13-14,25-27,30-33H2,1H3. The Hall–Kier alpha value is -4.21. The fraction of sp³-hybridized carbons (Fsp3) is 0.362. The summed E-state index contributed by atoms with van der Waals surface area (Å²) in [6, 6.07) is 42.9. The summed E-state index contributed by atoms with van der Waals surface area (Å²) in [6.45, 7) is 5.21. The number of benzene rings is 5. The molecule has 0 spiro atoms. The topological polar surface area (TPSA) is 64.6 Å². The van der Waals surface area contributed by atoms with Crippen LogP contribution in [0.25, 0.3) is 0 Å². The summed E-state index contributed by atoms with van der Waals surface area (Å²) in [4.78, 5) is 0. The molecule has 0 aromatic heterocycles. The van der Waals surface area contributed by atoms with E-state index in [0.29, 0.717) is 63.4 Å². The molecule has 2 aliphatic heterocycles. The molecule has 0 amide bonds. The van der Waals surface area contributed by atoms with E-state index in [2.05, 4.69) is 54.6 Å². The van der Waals surface area contributed by atoms with E-state index < -0.39 is 30.5 Å². The van der Waals surface area contributed by atoms with Crippen LogP contribution in [0.1, 0.15) is 65.7 Å². The Morgan fingerprint density at radius 3 is 1.82 bits per heavy atom. The maximum absolute atomic E-state index is 7.20. The van der Waals surface area contributed by atoms with Crippen molar-refractivity contribution < 1.29 is 33.2 Å². The van der Waals surface area contributed by atoms with Crippen LogP contribution in [-0.2, 0) is 49.9 Å². The highest BCUT2D eigenvalue weighted by atomic mass is 35.5. The SMILES string of the molecule is CCOc1ccc(Cc2cc3c(cc2Cl)OCCCCCOCC2OC3C(OCc3ccccc3)C(OCc3ccccc3)C2OCc2ccccc2)cc1. The van der Waals surface area contributed by atoms with Crippen molar-refractivity contribution in [2.75, 3.05) is 26.4 Å². The first-order valence-electron chi connectivity index (χ1n) is 19.5. The molecule has 5 unspecified atom stereocenters. The molecular weight excluding hydrogens is 712 g/mol. The molecule has 0 saturated carbocycles. The van der Waals surface area contributed by atoms with E-state index in [0.717, 1.165) is 58.4 Å². The minimum atomic E-state index is -0.596. The van der Waals surface area contributed by atoms with Gasteiger partial charge in [0.15, 0.2) is 0 Å². The first-order valence-corrected chi connectivity index (χ1v) is 19.9. The summed E-state index contributed by atoms with van der Waals surface area (Å²) in [5.41, 5.74) is 6.10. The quantitative estimate of drug-likeness (QED) is 0.118. The Morgan fingerprint density at radius 1 is 0.618 bits per heavy atom. The average molecular weight is 763 g/mol. The second-order valence-electron chi connectivity index (χ2n) is 14.1. The predicted molar refractivity (Wildman–Crippen MR) is 215 cm³/mol. The zero-order chi connectivity index (χ0) is 37.7. The molecule has 7 rings (SSSR count). The molecule has 5 aromatic rings. The van der Waals surface area contributed by atoms with Crippen LogP contribution in [0.2, 0.25) is 5.02 Å². The van der Waals surface area contributed by atoms with E-state index in [4.69, 9.17) is 44.8 Å². The first-order chi connectivity index (χ1) is 27.1. The van der Waals surface area contributed by atoms with Gasteiger partial charge in [0.25, 0.3) is 0 Å². The van der Waals surface area contributed by atoms with Crippen LogP contribution in [0, 0.1) is 0 Å². The highest BCUT2D eigenvalue weighted by molar-refractivity contribution is 6.31. The molecule has 0 N–H and O–H groups in total. The van der Waals surface area contributed by atoms with E-state index in [9.17, 15) is 0 Å². The minimum Gasteiger partial charge on any atom is -0.494 e. The molecule has 2 bridgehead atoms. The molecule has 2 heterocycles. The average Bonchev–Trinajstić information content (AvgIpc) is 3.23. The normalized spacial score (nSPS) is 21.6. The molecule has 55 heavy (non-hydrogen) atoms. The smallest absolute Gasteiger partial charge is 0.126 e.